The molecule has 0 aromatic carbocycles. The summed E-state index contributed by atoms with van der Waals surface area (Å²) in [6.07, 6.45) is 10.1. The average Bonchev–Trinajstić information content (AvgIpc) is 2.23. The van der Waals surface area contributed by atoms with Gasteiger partial charge in [-0.3, -0.25) is 4.79 Å². The summed E-state index contributed by atoms with van der Waals surface area (Å²) in [6.45, 7) is 8.93. The number of carbonyl (C=O) groups excluding carboxylic acids is 1. The Labute approximate surface area is 101 Å². The molecule has 0 fully saturated rings. The Morgan fingerprint density at radius 2 is 1.88 bits per heavy atom. The minimum Gasteiger partial charge on any atom is -0.298 e. The van der Waals surface area contributed by atoms with Crippen LogP contribution in [0.25, 0.3) is 0 Å². The molecular weight excluding hydrogens is 196 g/mol. The van der Waals surface area contributed by atoms with E-state index in [9.17, 15) is 4.79 Å². The fourth-order valence-corrected chi connectivity index (χ4v) is 1.89. The van der Waals surface area contributed by atoms with Gasteiger partial charge in [-0.1, -0.05) is 53.0 Å². The molecule has 0 bridgehead atoms. The normalized spacial score (nSPS) is 14.2. The summed E-state index contributed by atoms with van der Waals surface area (Å²) in [7, 11) is 0. The Hall–Kier alpha value is -0.590. The van der Waals surface area contributed by atoms with Crippen LogP contribution in [0.3, 0.4) is 0 Å². The molecule has 0 N–H and O–H groups in total. The quantitative estimate of drug-likeness (QED) is 0.407. The van der Waals surface area contributed by atoms with Gasteiger partial charge < -0.3 is 0 Å². The highest BCUT2D eigenvalue weighted by Crippen LogP contribution is 2.15. The van der Waals surface area contributed by atoms with Gasteiger partial charge in [-0.05, 0) is 36.7 Å². The fourth-order valence-electron chi connectivity index (χ4n) is 1.89. The van der Waals surface area contributed by atoms with E-state index in [0.29, 0.717) is 5.92 Å². The molecule has 0 saturated carbocycles. The Morgan fingerprint density at radius 1 is 1.19 bits per heavy atom. The maximum Gasteiger partial charge on any atom is 0.145 e. The molecule has 0 aliphatic carbocycles. The van der Waals surface area contributed by atoms with Gasteiger partial charge in [0.05, 0.1) is 0 Å². The molecule has 1 nitrogen and oxygen atoms in total. The highest BCUT2D eigenvalue weighted by molar-refractivity contribution is 5.72. The Kier molecular flexibility index (Phi) is 9.27. The minimum atomic E-state index is 0.713. The van der Waals surface area contributed by atoms with E-state index in [4.69, 9.17) is 0 Å². The predicted molar refractivity (Wildman–Crippen MR) is 71.5 cm³/mol. The third-order valence-electron chi connectivity index (χ3n) is 2.96. The van der Waals surface area contributed by atoms with Crippen molar-refractivity contribution < 1.29 is 4.79 Å². The molecule has 1 atom stereocenters. The van der Waals surface area contributed by atoms with Crippen LogP contribution in [0, 0.1) is 11.8 Å². The second kappa shape index (κ2) is 9.62. The molecule has 16 heavy (non-hydrogen) atoms. The van der Waals surface area contributed by atoms with Crippen LogP contribution in [0.4, 0.5) is 0 Å². The van der Waals surface area contributed by atoms with Crippen LogP contribution in [-0.4, -0.2) is 6.29 Å². The van der Waals surface area contributed by atoms with Gasteiger partial charge in [0.1, 0.15) is 6.29 Å². The average molecular weight is 224 g/mol. The summed E-state index contributed by atoms with van der Waals surface area (Å²) < 4.78 is 0. The van der Waals surface area contributed by atoms with Crippen LogP contribution in [0.15, 0.2) is 11.6 Å². The zero-order valence-corrected chi connectivity index (χ0v) is 11.5. The summed E-state index contributed by atoms with van der Waals surface area (Å²) in [4.78, 5) is 10.9. The van der Waals surface area contributed by atoms with Crippen molar-refractivity contribution in [2.45, 2.75) is 66.2 Å². The predicted octanol–water partition coefficient (Wildman–Crippen LogP) is 4.76. The number of hydrogen-bond donors (Lipinski definition) is 0. The molecule has 0 amide bonds. The monoisotopic (exact) mass is 224 g/mol. The van der Waals surface area contributed by atoms with Gasteiger partial charge in [0.2, 0.25) is 0 Å². The maximum absolute atomic E-state index is 10.9. The smallest absolute Gasteiger partial charge is 0.145 e. The van der Waals surface area contributed by atoms with Crippen molar-refractivity contribution in [2.75, 3.05) is 0 Å². The van der Waals surface area contributed by atoms with E-state index in [1.54, 1.807) is 0 Å². The zero-order chi connectivity index (χ0) is 12.4. The molecule has 1 unspecified atom stereocenters. The first kappa shape index (κ1) is 15.4. The molecule has 0 radical (unpaired) electrons. The van der Waals surface area contributed by atoms with Crippen LogP contribution in [0.2, 0.25) is 0 Å². The molecule has 0 aliphatic heterocycles. The number of carbonyl (C=O) groups is 1. The summed E-state index contributed by atoms with van der Waals surface area (Å²) in [5.41, 5.74) is 1.00. The molecule has 94 valence electrons. The van der Waals surface area contributed by atoms with E-state index < -0.39 is 0 Å². The summed E-state index contributed by atoms with van der Waals surface area (Å²) in [6, 6.07) is 0. The standard InChI is InChI=1S/C15H28O/c1-5-7-14(4)10-11-15(12-16)9-6-8-13(2)3/h11-14H,5-10H2,1-4H3. The van der Waals surface area contributed by atoms with Crippen molar-refractivity contribution in [1.29, 1.82) is 0 Å². The number of hydrogen-bond acceptors (Lipinski definition) is 1. The molecule has 0 saturated heterocycles. The van der Waals surface area contributed by atoms with Gasteiger partial charge in [0.25, 0.3) is 0 Å². The molecule has 0 heterocycles. The van der Waals surface area contributed by atoms with Gasteiger partial charge in [-0.25, -0.2) is 0 Å². The van der Waals surface area contributed by atoms with Crippen LogP contribution >= 0.6 is 0 Å². The van der Waals surface area contributed by atoms with Crippen molar-refractivity contribution in [1.82, 2.24) is 0 Å². The highest BCUT2D eigenvalue weighted by atomic mass is 16.1. The van der Waals surface area contributed by atoms with Gasteiger partial charge in [0, 0.05) is 0 Å². The molecule has 0 aromatic rings. The second-order valence-corrected chi connectivity index (χ2v) is 5.31. The van der Waals surface area contributed by atoms with Crippen LogP contribution in [0.5, 0.6) is 0 Å². The number of aldehydes is 1. The highest BCUT2D eigenvalue weighted by Gasteiger charge is 2.01. The van der Waals surface area contributed by atoms with Crippen molar-refractivity contribution in [2.24, 2.45) is 11.8 Å². The van der Waals surface area contributed by atoms with Crippen molar-refractivity contribution in [3.8, 4) is 0 Å². The van der Waals surface area contributed by atoms with Gasteiger partial charge >= 0.3 is 0 Å². The summed E-state index contributed by atoms with van der Waals surface area (Å²) in [5, 5.41) is 0. The Morgan fingerprint density at radius 3 is 2.38 bits per heavy atom. The molecule has 0 rings (SSSR count). The number of rotatable bonds is 9. The maximum atomic E-state index is 10.9. The van der Waals surface area contributed by atoms with Crippen molar-refractivity contribution >= 4 is 6.29 Å². The lowest BCUT2D eigenvalue weighted by molar-refractivity contribution is -0.105. The second-order valence-electron chi connectivity index (χ2n) is 5.31. The molecule has 0 aromatic heterocycles. The van der Waals surface area contributed by atoms with E-state index in [2.05, 4.69) is 33.8 Å². The zero-order valence-electron chi connectivity index (χ0n) is 11.5. The first-order valence-electron chi connectivity index (χ1n) is 6.74. The van der Waals surface area contributed by atoms with Crippen molar-refractivity contribution in [3.05, 3.63) is 11.6 Å². The van der Waals surface area contributed by atoms with Crippen LogP contribution < -0.4 is 0 Å². The van der Waals surface area contributed by atoms with E-state index in [1.807, 2.05) is 0 Å². The van der Waals surface area contributed by atoms with Crippen molar-refractivity contribution in [3.63, 3.8) is 0 Å². The minimum absolute atomic E-state index is 0.713. The first-order chi connectivity index (χ1) is 7.60. The third kappa shape index (κ3) is 8.70. The Balaban J connectivity index is 3.87. The SMILES string of the molecule is CCCC(C)CC=C(C=O)CCCC(C)C. The topological polar surface area (TPSA) is 17.1 Å². The summed E-state index contributed by atoms with van der Waals surface area (Å²) in [5.74, 6) is 1.46. The fraction of sp³-hybridized carbons (Fsp3) is 0.800. The van der Waals surface area contributed by atoms with E-state index >= 15 is 0 Å². The van der Waals surface area contributed by atoms with Gasteiger partial charge in [0.15, 0.2) is 0 Å². The van der Waals surface area contributed by atoms with E-state index in [1.165, 1.54) is 19.3 Å². The van der Waals surface area contributed by atoms with Gasteiger partial charge in [-0.15, -0.1) is 0 Å². The van der Waals surface area contributed by atoms with Crippen LogP contribution in [-0.2, 0) is 4.79 Å². The molecular formula is C15H28O. The van der Waals surface area contributed by atoms with Gasteiger partial charge in [-0.2, -0.15) is 0 Å². The van der Waals surface area contributed by atoms with E-state index in [0.717, 1.165) is 37.0 Å². The molecule has 0 aliphatic rings. The summed E-state index contributed by atoms with van der Waals surface area (Å²) >= 11 is 0. The lowest BCUT2D eigenvalue weighted by atomic mass is 9.98. The largest absolute Gasteiger partial charge is 0.298 e. The van der Waals surface area contributed by atoms with E-state index in [-0.39, 0.29) is 0 Å². The first-order valence-corrected chi connectivity index (χ1v) is 6.74. The lowest BCUT2D eigenvalue weighted by Gasteiger charge is -2.07. The Bertz CT molecular complexity index is 203. The molecule has 1 heteroatoms. The van der Waals surface area contributed by atoms with Crippen LogP contribution in [0.1, 0.15) is 66.2 Å². The third-order valence-corrected chi connectivity index (χ3v) is 2.96. The number of allylic oxidation sites excluding steroid dienone is 2. The lowest BCUT2D eigenvalue weighted by Crippen LogP contribution is -1.94. The molecule has 0 spiro atoms.